The molecule has 0 atom stereocenters. The monoisotopic (exact) mass is 526 g/mol. The number of nitrogens with one attached hydrogen (secondary N) is 2. The molecular formula is C29H26N4O4S. The number of para-hydroxylation sites is 2. The summed E-state index contributed by atoms with van der Waals surface area (Å²) in [7, 11) is 0. The van der Waals surface area contributed by atoms with Gasteiger partial charge < -0.3 is 19.8 Å². The number of fused-ring (bicyclic) bond motifs is 2. The molecule has 4 aromatic rings. The van der Waals surface area contributed by atoms with E-state index in [0.717, 1.165) is 52.7 Å². The maximum absolute atomic E-state index is 12.7. The Kier molecular flexibility index (Phi) is 7.52. The summed E-state index contributed by atoms with van der Waals surface area (Å²) in [5.41, 5.74) is 4.34. The summed E-state index contributed by atoms with van der Waals surface area (Å²) in [6.07, 6.45) is 5.56. The summed E-state index contributed by atoms with van der Waals surface area (Å²) in [5, 5.41) is 13.0. The van der Waals surface area contributed by atoms with Crippen LogP contribution in [0.15, 0.2) is 48.5 Å². The minimum absolute atomic E-state index is 0.206. The Labute approximate surface area is 223 Å². The molecule has 2 aromatic heterocycles. The summed E-state index contributed by atoms with van der Waals surface area (Å²) in [6.45, 7) is 1.84. The maximum atomic E-state index is 12.7. The van der Waals surface area contributed by atoms with E-state index in [1.54, 1.807) is 37.3 Å². The van der Waals surface area contributed by atoms with Crippen molar-refractivity contribution in [2.45, 2.75) is 32.6 Å². The SMILES string of the molecule is CCOC(=O)c1c(NC(=O)COc2ccc(/C=C(\C#N)c3nc4ccccc4[nH]3)cc2)sc2c1CCCC2. The molecule has 1 amide bonds. The van der Waals surface area contributed by atoms with E-state index in [9.17, 15) is 14.9 Å². The number of rotatable bonds is 8. The fourth-order valence-corrected chi connectivity index (χ4v) is 5.74. The largest absolute Gasteiger partial charge is 0.484 e. The van der Waals surface area contributed by atoms with Crippen LogP contribution in [-0.2, 0) is 22.4 Å². The molecule has 1 aliphatic rings. The number of benzene rings is 2. The van der Waals surface area contributed by atoms with E-state index in [0.29, 0.717) is 27.7 Å². The van der Waals surface area contributed by atoms with Crippen molar-refractivity contribution in [3.63, 3.8) is 0 Å². The molecule has 38 heavy (non-hydrogen) atoms. The first kappa shape index (κ1) is 25.2. The third-order valence-electron chi connectivity index (χ3n) is 6.23. The van der Waals surface area contributed by atoms with Gasteiger partial charge in [0.25, 0.3) is 5.91 Å². The number of allylic oxidation sites excluding steroid dienone is 1. The van der Waals surface area contributed by atoms with Gasteiger partial charge in [-0.2, -0.15) is 5.26 Å². The van der Waals surface area contributed by atoms with E-state index in [2.05, 4.69) is 21.4 Å². The van der Waals surface area contributed by atoms with Crippen LogP contribution in [0, 0.1) is 11.3 Å². The molecule has 0 saturated carbocycles. The van der Waals surface area contributed by atoms with Crippen LogP contribution in [0.3, 0.4) is 0 Å². The number of carbonyl (C=O) groups excluding carboxylic acids is 2. The van der Waals surface area contributed by atoms with Gasteiger partial charge >= 0.3 is 5.97 Å². The highest BCUT2D eigenvalue weighted by Crippen LogP contribution is 2.38. The Balaban J connectivity index is 1.23. The first-order chi connectivity index (χ1) is 18.6. The van der Waals surface area contributed by atoms with Crippen molar-refractivity contribution in [3.05, 3.63) is 75.9 Å². The molecule has 0 fully saturated rings. The number of nitriles is 1. The van der Waals surface area contributed by atoms with Crippen LogP contribution < -0.4 is 10.1 Å². The second-order valence-electron chi connectivity index (χ2n) is 8.81. The van der Waals surface area contributed by atoms with Crippen molar-refractivity contribution >= 4 is 50.9 Å². The van der Waals surface area contributed by atoms with Crippen LogP contribution in [0.1, 0.15) is 52.0 Å². The summed E-state index contributed by atoms with van der Waals surface area (Å²) >= 11 is 1.45. The lowest BCUT2D eigenvalue weighted by Gasteiger charge is -2.12. The molecule has 8 nitrogen and oxygen atoms in total. The highest BCUT2D eigenvalue weighted by atomic mass is 32.1. The Morgan fingerprint density at radius 2 is 1.95 bits per heavy atom. The molecule has 2 N–H and O–H groups in total. The van der Waals surface area contributed by atoms with Gasteiger partial charge in [-0.25, -0.2) is 9.78 Å². The van der Waals surface area contributed by atoms with Crippen LogP contribution in [0.2, 0.25) is 0 Å². The average Bonchev–Trinajstić information content (AvgIpc) is 3.52. The summed E-state index contributed by atoms with van der Waals surface area (Å²) in [6, 6.07) is 16.9. The molecule has 192 valence electrons. The van der Waals surface area contributed by atoms with Crippen LogP contribution in [0.25, 0.3) is 22.7 Å². The van der Waals surface area contributed by atoms with Crippen LogP contribution in [-0.4, -0.2) is 35.1 Å². The number of aromatic nitrogens is 2. The van der Waals surface area contributed by atoms with Crippen LogP contribution >= 0.6 is 11.3 Å². The number of anilines is 1. The van der Waals surface area contributed by atoms with Gasteiger partial charge in [0.2, 0.25) is 0 Å². The van der Waals surface area contributed by atoms with Crippen LogP contribution in [0.4, 0.5) is 5.00 Å². The van der Waals surface area contributed by atoms with Gasteiger partial charge in [-0.05, 0) is 74.1 Å². The number of esters is 1. The minimum Gasteiger partial charge on any atom is -0.484 e. The van der Waals surface area contributed by atoms with Gasteiger partial charge in [0.05, 0.1) is 28.8 Å². The first-order valence-corrected chi connectivity index (χ1v) is 13.3. The fourth-order valence-electron chi connectivity index (χ4n) is 4.45. The predicted octanol–water partition coefficient (Wildman–Crippen LogP) is 5.76. The zero-order valence-corrected chi connectivity index (χ0v) is 21.7. The first-order valence-electron chi connectivity index (χ1n) is 12.5. The third kappa shape index (κ3) is 5.45. The van der Waals surface area contributed by atoms with E-state index < -0.39 is 5.97 Å². The van der Waals surface area contributed by atoms with Crippen molar-refractivity contribution in [2.24, 2.45) is 0 Å². The van der Waals surface area contributed by atoms with E-state index in [-0.39, 0.29) is 19.1 Å². The Morgan fingerprint density at radius 1 is 1.16 bits per heavy atom. The fraction of sp³-hybridized carbons (Fsp3) is 0.241. The normalized spacial score (nSPS) is 13.0. The number of H-pyrrole nitrogens is 1. The van der Waals surface area contributed by atoms with Gasteiger partial charge in [0.15, 0.2) is 6.61 Å². The van der Waals surface area contributed by atoms with Crippen molar-refractivity contribution in [3.8, 4) is 11.8 Å². The van der Waals surface area contributed by atoms with Crippen molar-refractivity contribution < 1.29 is 19.1 Å². The smallest absolute Gasteiger partial charge is 0.341 e. The van der Waals surface area contributed by atoms with E-state index >= 15 is 0 Å². The summed E-state index contributed by atoms with van der Waals surface area (Å²) in [4.78, 5) is 34.1. The van der Waals surface area contributed by atoms with Crippen molar-refractivity contribution in [1.29, 1.82) is 5.26 Å². The Hall–Kier alpha value is -4.42. The molecule has 0 aliphatic heterocycles. The molecule has 5 rings (SSSR count). The van der Waals surface area contributed by atoms with Crippen LogP contribution in [0.5, 0.6) is 5.75 Å². The number of aromatic amines is 1. The Bertz CT molecular complexity index is 1530. The number of imidazole rings is 1. The molecule has 2 heterocycles. The number of ether oxygens (including phenoxy) is 2. The minimum atomic E-state index is -0.397. The molecule has 2 aromatic carbocycles. The number of carbonyl (C=O) groups is 2. The molecule has 0 bridgehead atoms. The van der Waals surface area contributed by atoms with Gasteiger partial charge in [-0.3, -0.25) is 4.79 Å². The Morgan fingerprint density at radius 3 is 2.71 bits per heavy atom. The second-order valence-corrected chi connectivity index (χ2v) is 9.92. The quantitative estimate of drug-likeness (QED) is 0.223. The van der Waals surface area contributed by atoms with Crippen molar-refractivity contribution in [1.82, 2.24) is 9.97 Å². The predicted molar refractivity (Wildman–Crippen MR) is 147 cm³/mol. The lowest BCUT2D eigenvalue weighted by molar-refractivity contribution is -0.118. The second kappa shape index (κ2) is 11.3. The highest BCUT2D eigenvalue weighted by Gasteiger charge is 2.27. The molecule has 0 radical (unpaired) electrons. The standard InChI is InChI=1S/C29H26N4O4S/c1-2-36-29(35)26-21-7-3-6-10-24(21)38-28(26)33-25(34)17-37-20-13-11-18(12-14-20)15-19(16-30)27-31-22-8-4-5-9-23(22)32-27/h4-5,8-9,11-15H,2-3,6-7,10,17H2,1H3,(H,31,32)(H,33,34)/b19-15+. The maximum Gasteiger partial charge on any atom is 0.341 e. The highest BCUT2D eigenvalue weighted by molar-refractivity contribution is 7.17. The summed E-state index contributed by atoms with van der Waals surface area (Å²) in [5.74, 6) is 0.264. The number of amides is 1. The average molecular weight is 527 g/mol. The topological polar surface area (TPSA) is 117 Å². The lowest BCUT2D eigenvalue weighted by Crippen LogP contribution is -2.21. The van der Waals surface area contributed by atoms with Crippen molar-refractivity contribution in [2.75, 3.05) is 18.5 Å². The third-order valence-corrected chi connectivity index (χ3v) is 7.44. The summed E-state index contributed by atoms with van der Waals surface area (Å²) < 4.78 is 10.9. The molecule has 0 spiro atoms. The van der Waals surface area contributed by atoms with Gasteiger partial charge in [0.1, 0.15) is 22.6 Å². The molecule has 9 heteroatoms. The zero-order chi connectivity index (χ0) is 26.5. The molecule has 1 aliphatic carbocycles. The molecule has 0 unspecified atom stereocenters. The number of thiophene rings is 1. The number of nitrogens with zero attached hydrogens (tertiary/aromatic N) is 2. The number of aryl methyl sites for hydroxylation is 1. The number of hydrogen-bond donors (Lipinski definition) is 2. The van der Waals surface area contributed by atoms with E-state index in [1.165, 1.54) is 11.3 Å². The van der Waals surface area contributed by atoms with E-state index in [1.807, 2.05) is 24.3 Å². The van der Waals surface area contributed by atoms with Gasteiger partial charge in [0, 0.05) is 4.88 Å². The lowest BCUT2D eigenvalue weighted by atomic mass is 9.95. The van der Waals surface area contributed by atoms with E-state index in [4.69, 9.17) is 9.47 Å². The van der Waals surface area contributed by atoms with Gasteiger partial charge in [-0.1, -0.05) is 24.3 Å². The molecular weight excluding hydrogens is 500 g/mol. The molecule has 0 saturated heterocycles. The number of hydrogen-bond acceptors (Lipinski definition) is 7. The zero-order valence-electron chi connectivity index (χ0n) is 20.9. The van der Waals surface area contributed by atoms with Gasteiger partial charge in [-0.15, -0.1) is 11.3 Å².